The van der Waals surface area contributed by atoms with Crippen LogP contribution in [0, 0.1) is 10.1 Å². The minimum atomic E-state index is -0.526. The van der Waals surface area contributed by atoms with Gasteiger partial charge in [-0.3, -0.25) is 19.7 Å². The van der Waals surface area contributed by atoms with E-state index in [0.29, 0.717) is 16.9 Å². The molecule has 0 aliphatic carbocycles. The summed E-state index contributed by atoms with van der Waals surface area (Å²) in [6.45, 7) is 1.29. The molecule has 0 N–H and O–H groups in total. The first kappa shape index (κ1) is 14.4. The van der Waals surface area contributed by atoms with Gasteiger partial charge in [0.1, 0.15) is 5.75 Å². The molecule has 0 saturated heterocycles. The van der Waals surface area contributed by atoms with Crippen LogP contribution in [-0.2, 0) is 4.79 Å². The highest BCUT2D eigenvalue weighted by molar-refractivity contribution is 6.09. The van der Waals surface area contributed by atoms with Gasteiger partial charge in [-0.25, -0.2) is 0 Å². The Morgan fingerprint density at radius 1 is 0.952 bits per heavy atom. The van der Waals surface area contributed by atoms with E-state index in [1.54, 1.807) is 0 Å². The lowest BCUT2D eigenvalue weighted by atomic mass is 10.0. The van der Waals surface area contributed by atoms with Crippen LogP contribution in [0.25, 0.3) is 0 Å². The average Bonchev–Trinajstić information content (AvgIpc) is 2.47. The number of hydrogen-bond donors (Lipinski definition) is 0. The summed E-state index contributed by atoms with van der Waals surface area (Å²) in [5.74, 6) is -0.355. The molecule has 0 saturated carbocycles. The third kappa shape index (κ3) is 3.50. The van der Waals surface area contributed by atoms with Crippen LogP contribution in [0.2, 0.25) is 0 Å². The zero-order valence-electron chi connectivity index (χ0n) is 11.1. The number of hydrogen-bond acceptors (Lipinski definition) is 5. The fraction of sp³-hybridized carbons (Fsp3) is 0.0667. The van der Waals surface area contributed by atoms with Crippen LogP contribution in [-0.4, -0.2) is 16.7 Å². The van der Waals surface area contributed by atoms with Gasteiger partial charge in [0.2, 0.25) is 0 Å². The van der Waals surface area contributed by atoms with E-state index in [2.05, 4.69) is 0 Å². The zero-order chi connectivity index (χ0) is 15.4. The number of esters is 1. The fourth-order valence-electron chi connectivity index (χ4n) is 1.74. The van der Waals surface area contributed by atoms with E-state index in [4.69, 9.17) is 4.74 Å². The van der Waals surface area contributed by atoms with E-state index in [9.17, 15) is 19.7 Å². The van der Waals surface area contributed by atoms with E-state index in [1.807, 2.05) is 0 Å². The zero-order valence-corrected chi connectivity index (χ0v) is 11.1. The summed E-state index contributed by atoms with van der Waals surface area (Å²) in [4.78, 5) is 33.0. The van der Waals surface area contributed by atoms with Gasteiger partial charge in [-0.2, -0.15) is 0 Å². The second-order valence-electron chi connectivity index (χ2n) is 4.25. The molecule has 21 heavy (non-hydrogen) atoms. The van der Waals surface area contributed by atoms with E-state index < -0.39 is 10.9 Å². The molecule has 2 aromatic carbocycles. The first-order valence-electron chi connectivity index (χ1n) is 6.05. The summed E-state index contributed by atoms with van der Waals surface area (Å²) in [5.41, 5.74) is 0.678. The van der Waals surface area contributed by atoms with Crippen LogP contribution in [0.4, 0.5) is 5.69 Å². The Kier molecular flexibility index (Phi) is 4.08. The Bertz CT molecular complexity index is 689. The van der Waals surface area contributed by atoms with Crippen LogP contribution in [0.3, 0.4) is 0 Å². The monoisotopic (exact) mass is 285 g/mol. The Hall–Kier alpha value is -3.02. The normalized spacial score (nSPS) is 9.95. The molecule has 0 bridgehead atoms. The highest BCUT2D eigenvalue weighted by Gasteiger charge is 2.11. The van der Waals surface area contributed by atoms with Crippen LogP contribution < -0.4 is 4.74 Å². The predicted molar refractivity (Wildman–Crippen MR) is 74.3 cm³/mol. The molecule has 2 aromatic rings. The Morgan fingerprint density at radius 2 is 1.43 bits per heavy atom. The van der Waals surface area contributed by atoms with Gasteiger partial charge < -0.3 is 4.74 Å². The van der Waals surface area contributed by atoms with Crippen molar-refractivity contribution < 1.29 is 19.2 Å². The maximum Gasteiger partial charge on any atom is 0.308 e. The lowest BCUT2D eigenvalue weighted by Crippen LogP contribution is -2.03. The van der Waals surface area contributed by atoms with Crippen LogP contribution in [0.15, 0.2) is 48.5 Å². The molecule has 0 amide bonds. The molecule has 0 unspecified atom stereocenters. The molecule has 0 radical (unpaired) electrons. The largest absolute Gasteiger partial charge is 0.427 e. The molecule has 0 atom stereocenters. The molecule has 0 fully saturated rings. The van der Waals surface area contributed by atoms with Crippen molar-refractivity contribution in [3.05, 3.63) is 69.8 Å². The van der Waals surface area contributed by atoms with Gasteiger partial charge in [0.25, 0.3) is 5.69 Å². The Labute approximate surface area is 120 Å². The van der Waals surface area contributed by atoms with Crippen molar-refractivity contribution in [1.82, 2.24) is 0 Å². The molecule has 6 heteroatoms. The van der Waals surface area contributed by atoms with Gasteiger partial charge in [0, 0.05) is 30.2 Å². The molecular weight excluding hydrogens is 274 g/mol. The fourth-order valence-corrected chi connectivity index (χ4v) is 1.74. The number of carbonyl (C=O) groups excluding carboxylic acids is 2. The molecule has 0 heterocycles. The Balaban J connectivity index is 2.19. The lowest BCUT2D eigenvalue weighted by molar-refractivity contribution is -0.384. The molecule has 106 valence electrons. The van der Waals surface area contributed by atoms with Crippen molar-refractivity contribution in [2.45, 2.75) is 6.92 Å². The Morgan fingerprint density at radius 3 is 1.86 bits per heavy atom. The number of carbonyl (C=O) groups is 2. The number of ketones is 1. The number of nitro groups is 1. The third-order valence-corrected chi connectivity index (χ3v) is 2.72. The number of nitro benzene ring substituents is 1. The van der Waals surface area contributed by atoms with Crippen molar-refractivity contribution >= 4 is 17.4 Å². The first-order chi connectivity index (χ1) is 9.97. The number of nitrogens with zero attached hydrogens (tertiary/aromatic N) is 1. The van der Waals surface area contributed by atoms with Gasteiger partial charge in [0.05, 0.1) is 4.92 Å². The van der Waals surface area contributed by atoms with Gasteiger partial charge in [-0.15, -0.1) is 0 Å². The van der Waals surface area contributed by atoms with Crippen molar-refractivity contribution in [1.29, 1.82) is 0 Å². The van der Waals surface area contributed by atoms with E-state index in [1.165, 1.54) is 55.5 Å². The average molecular weight is 285 g/mol. The van der Waals surface area contributed by atoms with Gasteiger partial charge >= 0.3 is 5.97 Å². The van der Waals surface area contributed by atoms with Gasteiger partial charge in [0.15, 0.2) is 5.78 Å². The quantitative estimate of drug-likeness (QED) is 0.283. The maximum absolute atomic E-state index is 12.2. The number of non-ortho nitro benzene ring substituents is 1. The number of ether oxygens (including phenoxy) is 1. The molecule has 0 aliphatic rings. The molecule has 0 spiro atoms. The van der Waals surface area contributed by atoms with Crippen molar-refractivity contribution in [2.75, 3.05) is 0 Å². The number of rotatable bonds is 4. The molecular formula is C15H11NO5. The minimum absolute atomic E-state index is 0.0724. The van der Waals surface area contributed by atoms with Crippen molar-refractivity contribution in [2.24, 2.45) is 0 Å². The predicted octanol–water partition coefficient (Wildman–Crippen LogP) is 2.75. The second-order valence-corrected chi connectivity index (χ2v) is 4.25. The summed E-state index contributed by atoms with van der Waals surface area (Å²) in [5, 5.41) is 10.6. The lowest BCUT2D eigenvalue weighted by Gasteiger charge is -2.03. The summed E-state index contributed by atoms with van der Waals surface area (Å²) >= 11 is 0. The van der Waals surface area contributed by atoms with Crippen molar-refractivity contribution in [3.63, 3.8) is 0 Å². The topological polar surface area (TPSA) is 86.5 Å². The first-order valence-corrected chi connectivity index (χ1v) is 6.05. The highest BCUT2D eigenvalue weighted by Crippen LogP contribution is 2.18. The molecule has 2 rings (SSSR count). The van der Waals surface area contributed by atoms with Crippen LogP contribution in [0.5, 0.6) is 5.75 Å². The summed E-state index contributed by atoms with van der Waals surface area (Å²) in [6.07, 6.45) is 0. The maximum atomic E-state index is 12.2. The molecule has 0 aliphatic heterocycles. The van der Waals surface area contributed by atoms with E-state index >= 15 is 0 Å². The van der Waals surface area contributed by atoms with E-state index in [-0.39, 0.29) is 11.5 Å². The summed E-state index contributed by atoms with van der Waals surface area (Å²) in [7, 11) is 0. The molecule has 6 nitrogen and oxygen atoms in total. The van der Waals surface area contributed by atoms with Crippen LogP contribution >= 0.6 is 0 Å². The summed E-state index contributed by atoms with van der Waals surface area (Å²) in [6, 6.07) is 11.5. The SMILES string of the molecule is CC(=O)Oc1ccc(C(=O)c2ccc([N+](=O)[O-])cc2)cc1. The van der Waals surface area contributed by atoms with Gasteiger partial charge in [-0.05, 0) is 36.4 Å². The standard InChI is InChI=1S/C15H11NO5/c1-10(17)21-14-8-4-12(5-9-14)15(18)11-2-6-13(7-3-11)16(19)20/h2-9H,1H3. The summed E-state index contributed by atoms with van der Waals surface area (Å²) < 4.78 is 4.87. The van der Waals surface area contributed by atoms with Crippen LogP contribution in [0.1, 0.15) is 22.8 Å². The highest BCUT2D eigenvalue weighted by atomic mass is 16.6. The smallest absolute Gasteiger partial charge is 0.308 e. The number of benzene rings is 2. The third-order valence-electron chi connectivity index (χ3n) is 2.72. The minimum Gasteiger partial charge on any atom is -0.427 e. The second kappa shape index (κ2) is 5.96. The van der Waals surface area contributed by atoms with Crippen molar-refractivity contribution in [3.8, 4) is 5.75 Å². The van der Waals surface area contributed by atoms with Gasteiger partial charge in [-0.1, -0.05) is 0 Å². The molecule has 0 aromatic heterocycles. The van der Waals surface area contributed by atoms with E-state index in [0.717, 1.165) is 0 Å².